The van der Waals surface area contributed by atoms with Crippen molar-refractivity contribution in [2.24, 2.45) is 0 Å². The van der Waals surface area contributed by atoms with Crippen molar-refractivity contribution in [3.63, 3.8) is 0 Å². The van der Waals surface area contributed by atoms with Gasteiger partial charge < -0.3 is 5.32 Å². The number of alkyl halides is 3. The van der Waals surface area contributed by atoms with Gasteiger partial charge in [-0.1, -0.05) is 30.3 Å². The Morgan fingerprint density at radius 2 is 1.81 bits per heavy atom. The lowest BCUT2D eigenvalue weighted by Crippen LogP contribution is -2.24. The molecule has 2 heterocycles. The van der Waals surface area contributed by atoms with Crippen molar-refractivity contribution in [3.8, 4) is 0 Å². The molecule has 1 aliphatic rings. The van der Waals surface area contributed by atoms with Crippen LogP contribution in [-0.4, -0.2) is 16.7 Å². The van der Waals surface area contributed by atoms with Gasteiger partial charge in [0.05, 0.1) is 5.69 Å². The van der Waals surface area contributed by atoms with E-state index in [0.29, 0.717) is 12.2 Å². The zero-order valence-electron chi connectivity index (χ0n) is 10.9. The molecule has 1 aromatic heterocycles. The van der Waals surface area contributed by atoms with Gasteiger partial charge in [0.2, 0.25) is 0 Å². The number of nitrogens with one attached hydrogen (secondary N) is 2. The Kier molecular flexibility index (Phi) is 4.39. The van der Waals surface area contributed by atoms with Crippen LogP contribution >= 0.6 is 12.4 Å². The van der Waals surface area contributed by atoms with E-state index in [0.717, 1.165) is 11.1 Å². The number of aromatic nitrogens is 2. The number of nitrogens with zero attached hydrogens (tertiary/aromatic N) is 1. The average molecular weight is 316 g/mol. The third kappa shape index (κ3) is 3.11. The smallest absolute Gasteiger partial charge is 0.308 e. The first-order chi connectivity index (χ1) is 9.55. The van der Waals surface area contributed by atoms with E-state index in [2.05, 4.69) is 15.5 Å². The van der Waals surface area contributed by atoms with Crippen LogP contribution in [0.2, 0.25) is 0 Å². The molecule has 0 saturated carbocycles. The highest BCUT2D eigenvalue weighted by Gasteiger charge is 2.38. The molecule has 3 rings (SSSR count). The summed E-state index contributed by atoms with van der Waals surface area (Å²) >= 11 is 0. The average Bonchev–Trinajstić information content (AvgIpc) is 2.85. The van der Waals surface area contributed by atoms with E-state index in [-0.39, 0.29) is 24.5 Å². The number of aromatic amines is 1. The van der Waals surface area contributed by atoms with E-state index >= 15 is 0 Å². The van der Waals surface area contributed by atoms with Crippen molar-refractivity contribution in [1.29, 1.82) is 0 Å². The zero-order chi connectivity index (χ0) is 14.2. The second-order valence-corrected chi connectivity index (χ2v) is 4.61. The van der Waals surface area contributed by atoms with Crippen molar-refractivity contribution in [1.82, 2.24) is 15.5 Å². The molecular weight excluding hydrogens is 303 g/mol. The fourth-order valence-corrected chi connectivity index (χ4v) is 2.31. The van der Waals surface area contributed by atoms with E-state index in [1.54, 1.807) is 0 Å². The van der Waals surface area contributed by atoms with E-state index in [1.807, 2.05) is 36.4 Å². The number of halogens is 4. The van der Waals surface area contributed by atoms with Gasteiger partial charge >= 0.3 is 6.18 Å². The minimum Gasteiger partial charge on any atom is -0.308 e. The number of benzene rings is 1. The Morgan fingerprint density at radius 1 is 1.10 bits per heavy atom. The summed E-state index contributed by atoms with van der Waals surface area (Å²) in [5.74, 6) is 0. The molecule has 2 N–H and O–H groups in total. The number of rotatable bonds is 1. The summed E-state index contributed by atoms with van der Waals surface area (Å²) in [4.78, 5) is 0. The Bertz CT molecular complexity index is 647. The molecule has 0 atom stereocenters. The summed E-state index contributed by atoms with van der Waals surface area (Å²) in [5, 5.41) is 8.95. The molecule has 7 heteroatoms. The van der Waals surface area contributed by atoms with Crippen LogP contribution in [0, 0.1) is 0 Å². The lowest BCUT2D eigenvalue weighted by molar-refractivity contribution is -0.141. The molecule has 21 heavy (non-hydrogen) atoms. The Balaban J connectivity index is 0.00000161. The van der Waals surface area contributed by atoms with Gasteiger partial charge in [-0.2, -0.15) is 18.3 Å². The number of fused-ring (bicyclic) bond motifs is 1. The fraction of sp³-hybridized carbons (Fsp3) is 0.214. The summed E-state index contributed by atoms with van der Waals surface area (Å²) in [6.45, 7) is 0.677. The molecule has 1 aromatic carbocycles. The standard InChI is InChI=1S/C14H12F3N3.ClH/c15-14(16,17)13-11-8-18-7-10(12(11)19-20-13)6-9-4-2-1-3-5-9;/h1-6,18H,7-8H2,(H,19,20);1H. The Labute approximate surface area is 125 Å². The lowest BCUT2D eigenvalue weighted by atomic mass is 9.99. The summed E-state index contributed by atoms with van der Waals surface area (Å²) in [5.41, 5.74) is 1.52. The topological polar surface area (TPSA) is 40.7 Å². The Morgan fingerprint density at radius 3 is 2.48 bits per heavy atom. The van der Waals surface area contributed by atoms with Crippen LogP contribution in [0.4, 0.5) is 13.2 Å². The van der Waals surface area contributed by atoms with Gasteiger partial charge in [-0.3, -0.25) is 5.10 Å². The molecule has 0 saturated heterocycles. The predicted octanol–water partition coefficient (Wildman–Crippen LogP) is 3.49. The van der Waals surface area contributed by atoms with Crippen molar-refractivity contribution in [2.75, 3.05) is 6.54 Å². The summed E-state index contributed by atoms with van der Waals surface area (Å²) < 4.78 is 38.5. The quantitative estimate of drug-likeness (QED) is 0.845. The molecule has 0 unspecified atom stereocenters. The highest BCUT2D eigenvalue weighted by Crippen LogP contribution is 2.35. The number of H-pyrrole nitrogens is 1. The van der Waals surface area contributed by atoms with E-state index in [9.17, 15) is 13.2 Å². The van der Waals surface area contributed by atoms with Crippen LogP contribution in [0.1, 0.15) is 22.5 Å². The van der Waals surface area contributed by atoms with Crippen molar-refractivity contribution in [2.45, 2.75) is 12.7 Å². The molecule has 0 bridgehead atoms. The fourth-order valence-electron chi connectivity index (χ4n) is 2.31. The van der Waals surface area contributed by atoms with Gasteiger partial charge in [0.1, 0.15) is 5.69 Å². The van der Waals surface area contributed by atoms with E-state index in [1.165, 1.54) is 0 Å². The van der Waals surface area contributed by atoms with Crippen LogP contribution < -0.4 is 5.32 Å². The molecule has 0 spiro atoms. The molecule has 3 nitrogen and oxygen atoms in total. The summed E-state index contributed by atoms with van der Waals surface area (Å²) in [7, 11) is 0. The number of hydrogen-bond acceptors (Lipinski definition) is 2. The monoisotopic (exact) mass is 315 g/mol. The van der Waals surface area contributed by atoms with Gasteiger partial charge in [-0.15, -0.1) is 12.4 Å². The maximum Gasteiger partial charge on any atom is 0.433 e. The first kappa shape index (κ1) is 15.6. The van der Waals surface area contributed by atoms with Crippen LogP contribution in [0.25, 0.3) is 11.6 Å². The summed E-state index contributed by atoms with van der Waals surface area (Å²) in [6, 6.07) is 9.46. The van der Waals surface area contributed by atoms with Crippen molar-refractivity contribution in [3.05, 3.63) is 52.8 Å². The summed E-state index contributed by atoms with van der Waals surface area (Å²) in [6.07, 6.45) is -2.55. The minimum atomic E-state index is -4.41. The molecule has 0 amide bonds. The van der Waals surface area contributed by atoms with Crippen LogP contribution in [0.5, 0.6) is 0 Å². The minimum absolute atomic E-state index is 0. The van der Waals surface area contributed by atoms with E-state index < -0.39 is 11.9 Å². The SMILES string of the molecule is Cl.FC(F)(F)c1[nH]nc2c1CNCC2=Cc1ccccc1. The third-order valence-electron chi connectivity index (χ3n) is 3.21. The molecule has 0 radical (unpaired) electrons. The Hall–Kier alpha value is -1.79. The first-order valence-electron chi connectivity index (χ1n) is 6.17. The molecule has 0 aliphatic carbocycles. The van der Waals surface area contributed by atoms with Crippen molar-refractivity contribution >= 4 is 24.1 Å². The van der Waals surface area contributed by atoms with E-state index in [4.69, 9.17) is 0 Å². The van der Waals surface area contributed by atoms with Gasteiger partial charge in [-0.05, 0) is 17.2 Å². The van der Waals surface area contributed by atoms with Gasteiger partial charge in [-0.25, -0.2) is 0 Å². The second kappa shape index (κ2) is 5.91. The van der Waals surface area contributed by atoms with Gasteiger partial charge in [0, 0.05) is 18.7 Å². The normalized spacial score (nSPS) is 16.4. The third-order valence-corrected chi connectivity index (χ3v) is 3.21. The molecule has 1 aliphatic heterocycles. The second-order valence-electron chi connectivity index (χ2n) is 4.61. The van der Waals surface area contributed by atoms with Crippen LogP contribution in [0.15, 0.2) is 30.3 Å². The lowest BCUT2D eigenvalue weighted by Gasteiger charge is -2.17. The maximum absolute atomic E-state index is 12.8. The molecule has 112 valence electrons. The van der Waals surface area contributed by atoms with Crippen LogP contribution in [0.3, 0.4) is 0 Å². The highest BCUT2D eigenvalue weighted by atomic mass is 35.5. The maximum atomic E-state index is 12.8. The molecule has 0 fully saturated rings. The largest absolute Gasteiger partial charge is 0.433 e. The van der Waals surface area contributed by atoms with Crippen molar-refractivity contribution < 1.29 is 13.2 Å². The number of hydrogen-bond donors (Lipinski definition) is 2. The highest BCUT2D eigenvalue weighted by molar-refractivity contribution is 5.85. The first-order valence-corrected chi connectivity index (χ1v) is 6.17. The zero-order valence-corrected chi connectivity index (χ0v) is 11.7. The van der Waals surface area contributed by atoms with Crippen LogP contribution in [-0.2, 0) is 12.7 Å². The molecule has 2 aromatic rings. The van der Waals surface area contributed by atoms with Gasteiger partial charge in [0.25, 0.3) is 0 Å². The predicted molar refractivity (Wildman–Crippen MR) is 76.9 cm³/mol. The molecular formula is C14H13ClF3N3. The van der Waals surface area contributed by atoms with Gasteiger partial charge in [0.15, 0.2) is 0 Å².